The molecule has 0 spiro atoms. The molecule has 6 aromatic rings. The summed E-state index contributed by atoms with van der Waals surface area (Å²) in [6.07, 6.45) is 5.09. The minimum atomic E-state index is 0.308. The van der Waals surface area contributed by atoms with Crippen LogP contribution in [0.3, 0.4) is 0 Å². The number of hydrogen-bond donors (Lipinski definition) is 0. The van der Waals surface area contributed by atoms with Gasteiger partial charge in [0.05, 0.1) is 45.6 Å². The van der Waals surface area contributed by atoms with E-state index in [0.717, 1.165) is 38.5 Å². The Kier molecular flexibility index (Phi) is 6.04. The van der Waals surface area contributed by atoms with E-state index in [2.05, 4.69) is 20.1 Å². The van der Waals surface area contributed by atoms with Crippen LogP contribution in [0.15, 0.2) is 59.4 Å². The van der Waals surface area contributed by atoms with Crippen LogP contribution >= 0.6 is 11.3 Å². The number of benzene rings is 2. The molecular weight excluding hydrogens is 506 g/mol. The molecule has 0 atom stereocenters. The van der Waals surface area contributed by atoms with Crippen molar-refractivity contribution in [3.63, 3.8) is 0 Å². The van der Waals surface area contributed by atoms with Crippen LogP contribution in [0.25, 0.3) is 38.6 Å². The molecule has 0 fully saturated rings. The van der Waals surface area contributed by atoms with Crippen LogP contribution in [-0.2, 0) is 6.61 Å². The summed E-state index contributed by atoms with van der Waals surface area (Å²) in [6, 6.07) is 11.7. The van der Waals surface area contributed by atoms with Crippen molar-refractivity contribution in [3.05, 3.63) is 66.1 Å². The lowest BCUT2D eigenvalue weighted by atomic mass is 10.1. The number of hydrogen-bond acceptors (Lipinski definition) is 10. The van der Waals surface area contributed by atoms with E-state index >= 15 is 0 Å². The molecule has 10 nitrogen and oxygen atoms in total. The average Bonchev–Trinajstić information content (AvgIpc) is 3.65. The van der Waals surface area contributed by atoms with E-state index < -0.39 is 0 Å². The quantitative estimate of drug-likeness (QED) is 0.250. The van der Waals surface area contributed by atoms with Gasteiger partial charge in [-0.05, 0) is 42.0 Å². The molecule has 0 radical (unpaired) electrons. The Morgan fingerprint density at radius 3 is 2.58 bits per heavy atom. The summed E-state index contributed by atoms with van der Waals surface area (Å²) in [4.78, 5) is 14.0. The van der Waals surface area contributed by atoms with Crippen molar-refractivity contribution < 1.29 is 23.4 Å². The largest absolute Gasteiger partial charge is 0.497 e. The number of nitrogens with zero attached hydrogens (tertiary/aromatic N) is 5. The van der Waals surface area contributed by atoms with Crippen molar-refractivity contribution in [3.8, 4) is 45.3 Å². The van der Waals surface area contributed by atoms with Gasteiger partial charge in [0.1, 0.15) is 29.4 Å². The number of aromatic nitrogens is 5. The van der Waals surface area contributed by atoms with Crippen LogP contribution in [0.5, 0.6) is 22.6 Å². The van der Waals surface area contributed by atoms with Gasteiger partial charge >= 0.3 is 0 Å². The Hall–Kier alpha value is -4.64. The van der Waals surface area contributed by atoms with Gasteiger partial charge in [0.25, 0.3) is 5.19 Å². The van der Waals surface area contributed by atoms with Gasteiger partial charge in [-0.25, -0.2) is 19.5 Å². The van der Waals surface area contributed by atoms with Gasteiger partial charge < -0.3 is 23.4 Å². The first-order valence-electron chi connectivity index (χ1n) is 11.7. The number of imidazole rings is 1. The minimum Gasteiger partial charge on any atom is -0.497 e. The Morgan fingerprint density at radius 2 is 1.84 bits per heavy atom. The molecule has 6 rings (SSSR count). The first-order valence-corrected chi connectivity index (χ1v) is 12.5. The van der Waals surface area contributed by atoms with Crippen LogP contribution in [0.4, 0.5) is 0 Å². The highest BCUT2D eigenvalue weighted by molar-refractivity contribution is 7.18. The molecule has 11 heteroatoms. The van der Waals surface area contributed by atoms with E-state index in [-0.39, 0.29) is 0 Å². The second-order valence-electron chi connectivity index (χ2n) is 8.45. The van der Waals surface area contributed by atoms with Gasteiger partial charge in [0.2, 0.25) is 10.8 Å². The Balaban J connectivity index is 1.31. The topological polar surface area (TPSA) is 106 Å². The molecular formula is C27H23N5O5S. The lowest BCUT2D eigenvalue weighted by molar-refractivity contribution is 0.304. The lowest BCUT2D eigenvalue weighted by Gasteiger charge is -2.12. The second kappa shape index (κ2) is 9.67. The molecule has 0 aliphatic rings. The predicted molar refractivity (Wildman–Crippen MR) is 142 cm³/mol. The number of furan rings is 1. The molecule has 0 saturated heterocycles. The zero-order valence-electron chi connectivity index (χ0n) is 21.1. The fourth-order valence-electron chi connectivity index (χ4n) is 4.07. The number of methoxy groups -OCH3 is 3. The molecule has 2 aromatic carbocycles. The van der Waals surface area contributed by atoms with Crippen LogP contribution < -0.4 is 18.9 Å². The van der Waals surface area contributed by atoms with Gasteiger partial charge in [-0.3, -0.25) is 0 Å². The maximum Gasteiger partial charge on any atom is 0.294 e. The molecule has 0 aliphatic carbocycles. The van der Waals surface area contributed by atoms with Gasteiger partial charge in [0.15, 0.2) is 5.76 Å². The van der Waals surface area contributed by atoms with Crippen molar-refractivity contribution >= 4 is 27.3 Å². The van der Waals surface area contributed by atoms with E-state index in [0.29, 0.717) is 40.5 Å². The lowest BCUT2D eigenvalue weighted by Crippen LogP contribution is -1.99. The average molecular weight is 530 g/mol. The number of fused-ring (bicyclic) bond motifs is 2. The fourth-order valence-corrected chi connectivity index (χ4v) is 4.77. The summed E-state index contributed by atoms with van der Waals surface area (Å²) in [5.74, 6) is 2.51. The summed E-state index contributed by atoms with van der Waals surface area (Å²) in [5, 5.41) is 5.80. The monoisotopic (exact) mass is 529 g/mol. The summed E-state index contributed by atoms with van der Waals surface area (Å²) in [5.41, 5.74) is 4.90. The minimum absolute atomic E-state index is 0.308. The van der Waals surface area contributed by atoms with E-state index in [1.54, 1.807) is 38.2 Å². The molecule has 0 aliphatic heterocycles. The first kappa shape index (κ1) is 23.7. The third-order valence-electron chi connectivity index (χ3n) is 6.09. The summed E-state index contributed by atoms with van der Waals surface area (Å²) in [7, 11) is 4.77. The Morgan fingerprint density at radius 1 is 0.947 bits per heavy atom. The molecule has 38 heavy (non-hydrogen) atoms. The third-order valence-corrected chi connectivity index (χ3v) is 6.97. The number of aryl methyl sites for hydroxylation is 1. The van der Waals surface area contributed by atoms with Crippen molar-refractivity contribution in [1.29, 1.82) is 0 Å². The molecule has 0 unspecified atom stereocenters. The highest BCUT2D eigenvalue weighted by Crippen LogP contribution is 2.35. The zero-order valence-corrected chi connectivity index (χ0v) is 21.9. The summed E-state index contributed by atoms with van der Waals surface area (Å²) < 4.78 is 30.0. The van der Waals surface area contributed by atoms with Gasteiger partial charge in [-0.1, -0.05) is 12.1 Å². The van der Waals surface area contributed by atoms with Gasteiger partial charge in [-0.2, -0.15) is 0 Å². The molecule has 0 N–H and O–H groups in total. The number of ether oxygens (including phenoxy) is 4. The smallest absolute Gasteiger partial charge is 0.294 e. The number of rotatable bonds is 8. The Bertz CT molecular complexity index is 1720. The summed E-state index contributed by atoms with van der Waals surface area (Å²) in [6.45, 7) is 2.31. The molecule has 4 heterocycles. The maximum absolute atomic E-state index is 6.30. The van der Waals surface area contributed by atoms with E-state index in [1.807, 2.05) is 49.5 Å². The van der Waals surface area contributed by atoms with Crippen LogP contribution in [0.1, 0.15) is 11.1 Å². The van der Waals surface area contributed by atoms with Gasteiger partial charge in [-0.15, -0.1) is 5.10 Å². The predicted octanol–water partition coefficient (Wildman–Crippen LogP) is 5.57. The van der Waals surface area contributed by atoms with Crippen molar-refractivity contribution in [2.45, 2.75) is 13.5 Å². The van der Waals surface area contributed by atoms with E-state index in [4.69, 9.17) is 23.4 Å². The second-order valence-corrected chi connectivity index (χ2v) is 9.37. The highest BCUT2D eigenvalue weighted by Gasteiger charge is 2.17. The first-order chi connectivity index (χ1) is 18.5. The maximum atomic E-state index is 6.30. The molecule has 192 valence electrons. The molecule has 0 bridgehead atoms. The molecule has 0 saturated carbocycles. The van der Waals surface area contributed by atoms with Gasteiger partial charge in [0, 0.05) is 22.6 Å². The fraction of sp³-hybridized carbons (Fsp3) is 0.185. The van der Waals surface area contributed by atoms with Crippen molar-refractivity contribution in [2.75, 3.05) is 21.3 Å². The Labute approximate surface area is 221 Å². The highest BCUT2D eigenvalue weighted by atomic mass is 32.1. The summed E-state index contributed by atoms with van der Waals surface area (Å²) >= 11 is 1.36. The van der Waals surface area contributed by atoms with Crippen LogP contribution in [-0.4, -0.2) is 45.9 Å². The van der Waals surface area contributed by atoms with Crippen molar-refractivity contribution in [2.24, 2.45) is 0 Å². The van der Waals surface area contributed by atoms with E-state index in [9.17, 15) is 0 Å². The molecule has 0 amide bonds. The van der Waals surface area contributed by atoms with E-state index in [1.165, 1.54) is 11.3 Å². The molecule has 4 aromatic heterocycles. The van der Waals surface area contributed by atoms with Crippen molar-refractivity contribution in [1.82, 2.24) is 24.6 Å². The van der Waals surface area contributed by atoms with Crippen LogP contribution in [0.2, 0.25) is 0 Å². The SMILES string of the molecule is COc1cc(COc2cc(-c3cnc(OC)cn3)ccc2C)c2cc(-c3cn4nc(OC)sc4n3)oc2c1. The normalized spacial score (nSPS) is 11.3. The van der Waals surface area contributed by atoms with Crippen LogP contribution in [0, 0.1) is 6.92 Å². The third kappa shape index (κ3) is 4.37. The standard InChI is InChI=1S/C27H23N5O5S/c1-15-5-6-16(20-11-29-25(34-3)12-28-20)8-22(15)36-14-17-7-18(33-2)9-23-19(17)10-24(37-23)21-13-32-26(30-21)38-27(31-32)35-4/h5-13H,14H2,1-4H3. The zero-order chi connectivity index (χ0) is 26.2.